The maximum absolute atomic E-state index is 2.62. The summed E-state index contributed by atoms with van der Waals surface area (Å²) in [5, 5.41) is 0. The van der Waals surface area contributed by atoms with Crippen LogP contribution < -0.4 is 0 Å². The van der Waals surface area contributed by atoms with Gasteiger partial charge in [0.25, 0.3) is 0 Å². The molecule has 0 amide bonds. The van der Waals surface area contributed by atoms with Gasteiger partial charge in [-0.1, -0.05) is 38.3 Å². The van der Waals surface area contributed by atoms with E-state index in [4.69, 9.17) is 0 Å². The molecule has 3 aliphatic rings. The number of allylic oxidation sites excluding steroid dienone is 2. The second kappa shape index (κ2) is 3.37. The maximum atomic E-state index is 2.62. The Bertz CT molecular complexity index is 288. The van der Waals surface area contributed by atoms with Gasteiger partial charge in [0.15, 0.2) is 0 Å². The Balaban J connectivity index is 1.81. The largest absolute Gasteiger partial charge is 0.0822 e. The van der Waals surface area contributed by atoms with Gasteiger partial charge >= 0.3 is 0 Å². The second-order valence-electron chi connectivity index (χ2n) is 6.51. The number of rotatable bonds is 3. The minimum atomic E-state index is 0.763. The Morgan fingerprint density at radius 3 is 3.00 bits per heavy atom. The van der Waals surface area contributed by atoms with Crippen LogP contribution in [0.3, 0.4) is 0 Å². The highest BCUT2D eigenvalue weighted by Crippen LogP contribution is 2.63. The average Bonchev–Trinajstić information content (AvgIpc) is 2.39. The summed E-state index contributed by atoms with van der Waals surface area (Å²) in [6.45, 7) is 4.78. The van der Waals surface area contributed by atoms with Gasteiger partial charge in [-0.2, -0.15) is 0 Å². The summed E-state index contributed by atoms with van der Waals surface area (Å²) in [7, 11) is 0. The van der Waals surface area contributed by atoms with Gasteiger partial charge in [-0.25, -0.2) is 0 Å². The zero-order chi connectivity index (χ0) is 10.5. The van der Waals surface area contributed by atoms with Crippen LogP contribution in [0.2, 0.25) is 0 Å². The van der Waals surface area contributed by atoms with E-state index < -0.39 is 0 Å². The van der Waals surface area contributed by atoms with Crippen LogP contribution in [-0.2, 0) is 0 Å². The summed E-state index contributed by atoms with van der Waals surface area (Å²) in [5.41, 5.74) is 2.60. The lowest BCUT2D eigenvalue weighted by Gasteiger charge is -2.36. The standard InChI is InChI=1S/C15H24/c1-3-4-5-15-8-11(2)6-12-7-13(9-15)14(12)10-15/h6,11,13-14H,3-5,7-10H2,1-2H3. The molecule has 2 saturated carbocycles. The van der Waals surface area contributed by atoms with Gasteiger partial charge < -0.3 is 0 Å². The predicted octanol–water partition coefficient (Wildman–Crippen LogP) is 4.56. The third kappa shape index (κ3) is 1.48. The lowest BCUT2D eigenvalue weighted by atomic mass is 9.69. The van der Waals surface area contributed by atoms with Crippen molar-refractivity contribution in [1.29, 1.82) is 0 Å². The summed E-state index contributed by atoms with van der Waals surface area (Å²) in [4.78, 5) is 0. The van der Waals surface area contributed by atoms with E-state index in [9.17, 15) is 0 Å². The number of hydrogen-bond acceptors (Lipinski definition) is 0. The lowest BCUT2D eigenvalue weighted by Crippen LogP contribution is -2.25. The molecule has 3 aliphatic carbocycles. The van der Waals surface area contributed by atoms with Crippen molar-refractivity contribution in [3.63, 3.8) is 0 Å². The first kappa shape index (κ1) is 9.93. The normalized spacial score (nSPS) is 47.1. The summed E-state index contributed by atoms with van der Waals surface area (Å²) < 4.78 is 0. The fraction of sp³-hybridized carbons (Fsp3) is 0.867. The highest BCUT2D eigenvalue weighted by atomic mass is 14.6. The van der Waals surface area contributed by atoms with E-state index in [0.29, 0.717) is 0 Å². The first-order chi connectivity index (χ1) is 7.22. The monoisotopic (exact) mass is 204 g/mol. The molecule has 0 N–H and O–H groups in total. The molecule has 0 radical (unpaired) electrons. The van der Waals surface area contributed by atoms with Crippen molar-refractivity contribution in [1.82, 2.24) is 0 Å². The minimum Gasteiger partial charge on any atom is -0.0822 e. The van der Waals surface area contributed by atoms with Gasteiger partial charge in [-0.3, -0.25) is 0 Å². The Hall–Kier alpha value is -0.260. The molecule has 0 spiro atoms. The highest BCUT2D eigenvalue weighted by molar-refractivity contribution is 5.26. The third-order valence-corrected chi connectivity index (χ3v) is 5.21. The van der Waals surface area contributed by atoms with Gasteiger partial charge in [0.2, 0.25) is 0 Å². The average molecular weight is 204 g/mol. The van der Waals surface area contributed by atoms with E-state index in [1.807, 2.05) is 5.57 Å². The predicted molar refractivity (Wildman–Crippen MR) is 64.7 cm³/mol. The van der Waals surface area contributed by atoms with E-state index in [-0.39, 0.29) is 0 Å². The molecule has 0 aromatic carbocycles. The van der Waals surface area contributed by atoms with Gasteiger partial charge in [-0.05, 0) is 55.3 Å². The van der Waals surface area contributed by atoms with E-state index in [2.05, 4.69) is 19.9 Å². The molecule has 84 valence electrons. The summed E-state index contributed by atoms with van der Waals surface area (Å²) in [5.74, 6) is 3.00. The summed E-state index contributed by atoms with van der Waals surface area (Å²) >= 11 is 0. The van der Waals surface area contributed by atoms with Crippen LogP contribution in [0.15, 0.2) is 11.6 Å². The number of fused-ring (bicyclic) bond motifs is 1. The molecular formula is C15H24. The Morgan fingerprint density at radius 1 is 1.33 bits per heavy atom. The van der Waals surface area contributed by atoms with Gasteiger partial charge in [0, 0.05) is 0 Å². The van der Waals surface area contributed by atoms with Crippen LogP contribution in [-0.4, -0.2) is 0 Å². The van der Waals surface area contributed by atoms with Crippen molar-refractivity contribution in [3.05, 3.63) is 11.6 Å². The smallest absolute Gasteiger partial charge is 0.0166 e. The van der Waals surface area contributed by atoms with E-state index >= 15 is 0 Å². The minimum absolute atomic E-state index is 0.763. The molecule has 4 unspecified atom stereocenters. The van der Waals surface area contributed by atoms with Gasteiger partial charge in [0.1, 0.15) is 0 Å². The number of unbranched alkanes of at least 4 members (excludes halogenated alkanes) is 1. The highest BCUT2D eigenvalue weighted by Gasteiger charge is 2.52. The molecule has 3 rings (SSSR count). The molecule has 2 bridgehead atoms. The van der Waals surface area contributed by atoms with Crippen LogP contribution in [0.4, 0.5) is 0 Å². The third-order valence-electron chi connectivity index (χ3n) is 5.21. The fourth-order valence-corrected chi connectivity index (χ4v) is 4.68. The van der Waals surface area contributed by atoms with Crippen molar-refractivity contribution >= 4 is 0 Å². The maximum Gasteiger partial charge on any atom is -0.0166 e. The molecule has 15 heavy (non-hydrogen) atoms. The summed E-state index contributed by atoms with van der Waals surface area (Å²) in [6, 6.07) is 0. The SMILES string of the molecule is CCCCC12CC(C)C=C3CC(C1)C3C2. The number of hydrogen-bond donors (Lipinski definition) is 0. The molecule has 0 nitrogen and oxygen atoms in total. The molecule has 4 atom stereocenters. The second-order valence-corrected chi connectivity index (χ2v) is 6.51. The van der Waals surface area contributed by atoms with Crippen LogP contribution in [0, 0.1) is 23.2 Å². The fourth-order valence-electron chi connectivity index (χ4n) is 4.68. The van der Waals surface area contributed by atoms with Crippen molar-refractivity contribution in [2.45, 2.75) is 58.8 Å². The van der Waals surface area contributed by atoms with E-state index in [0.717, 1.165) is 23.2 Å². The topological polar surface area (TPSA) is 0 Å². The Morgan fingerprint density at radius 2 is 2.20 bits per heavy atom. The van der Waals surface area contributed by atoms with Crippen LogP contribution in [0.5, 0.6) is 0 Å². The first-order valence-corrected chi connectivity index (χ1v) is 6.93. The van der Waals surface area contributed by atoms with Crippen molar-refractivity contribution < 1.29 is 0 Å². The molecular weight excluding hydrogens is 180 g/mol. The van der Waals surface area contributed by atoms with Crippen molar-refractivity contribution in [3.8, 4) is 0 Å². The van der Waals surface area contributed by atoms with Crippen LogP contribution in [0.25, 0.3) is 0 Å². The Labute approximate surface area is 94.1 Å². The van der Waals surface area contributed by atoms with E-state index in [1.165, 1.54) is 32.1 Å². The summed E-state index contributed by atoms with van der Waals surface area (Å²) in [6.07, 6.45) is 13.0. The lowest BCUT2D eigenvalue weighted by molar-refractivity contribution is 0.208. The molecule has 0 saturated heterocycles. The molecule has 0 heteroatoms. The zero-order valence-corrected chi connectivity index (χ0v) is 10.3. The Kier molecular flexibility index (Phi) is 2.23. The zero-order valence-electron chi connectivity index (χ0n) is 10.3. The molecule has 0 aromatic rings. The molecule has 0 aromatic heterocycles. The van der Waals surface area contributed by atoms with Crippen LogP contribution >= 0.6 is 0 Å². The first-order valence-electron chi connectivity index (χ1n) is 6.93. The molecule has 2 fully saturated rings. The van der Waals surface area contributed by atoms with E-state index in [1.54, 1.807) is 12.8 Å². The van der Waals surface area contributed by atoms with Crippen molar-refractivity contribution in [2.75, 3.05) is 0 Å². The van der Waals surface area contributed by atoms with Gasteiger partial charge in [-0.15, -0.1) is 0 Å². The van der Waals surface area contributed by atoms with Crippen molar-refractivity contribution in [2.24, 2.45) is 23.2 Å². The van der Waals surface area contributed by atoms with Gasteiger partial charge in [0.05, 0.1) is 0 Å². The van der Waals surface area contributed by atoms with Crippen LogP contribution in [0.1, 0.15) is 58.8 Å². The molecule has 0 aliphatic heterocycles. The molecule has 0 heterocycles. The quantitative estimate of drug-likeness (QED) is 0.591.